The number of aromatic nitrogens is 3. The summed E-state index contributed by atoms with van der Waals surface area (Å²) in [4.78, 5) is 3.11. The number of likely N-dealkylation sites (N-methyl/N-ethyl adjacent to an activating group) is 1. The molecule has 3 aromatic carbocycles. The molecule has 7 rings (SSSR count). The van der Waals surface area contributed by atoms with Crippen molar-refractivity contribution < 1.29 is 14.6 Å². The van der Waals surface area contributed by atoms with E-state index < -0.39 is 5.72 Å². The highest BCUT2D eigenvalue weighted by Gasteiger charge is 2.46. The fraction of sp³-hybridized carbons (Fsp3) is 0.310. The van der Waals surface area contributed by atoms with Crippen LogP contribution in [0.1, 0.15) is 27.0 Å². The third-order valence-corrected chi connectivity index (χ3v) is 8.30. The molecule has 4 unspecified atom stereocenters. The van der Waals surface area contributed by atoms with Crippen molar-refractivity contribution in [3.05, 3.63) is 54.7 Å². The first-order chi connectivity index (χ1) is 17.4. The van der Waals surface area contributed by atoms with Gasteiger partial charge in [-0.3, -0.25) is 0 Å². The predicted molar refractivity (Wildman–Crippen MR) is 145 cm³/mol. The minimum Gasteiger partial charge on any atom is -0.494 e. The summed E-state index contributed by atoms with van der Waals surface area (Å²) in [7, 11) is 3.71. The van der Waals surface area contributed by atoms with Crippen LogP contribution in [0.15, 0.2) is 54.7 Å². The van der Waals surface area contributed by atoms with Crippen LogP contribution in [0.25, 0.3) is 54.4 Å². The lowest BCUT2D eigenvalue weighted by Gasteiger charge is -2.42. The minimum atomic E-state index is -0.836. The van der Waals surface area contributed by atoms with E-state index in [4.69, 9.17) is 9.47 Å². The van der Waals surface area contributed by atoms with Gasteiger partial charge in [-0.2, -0.15) is 0 Å². The molecule has 6 aromatic rings. The van der Waals surface area contributed by atoms with Crippen molar-refractivity contribution in [2.24, 2.45) is 0 Å². The van der Waals surface area contributed by atoms with Gasteiger partial charge in [-0.15, -0.1) is 0 Å². The summed E-state index contributed by atoms with van der Waals surface area (Å²) in [6, 6.07) is 16.9. The predicted octanol–water partition coefficient (Wildman–Crippen LogP) is 5.93. The highest BCUT2D eigenvalue weighted by molar-refractivity contribution is 6.36. The van der Waals surface area contributed by atoms with Crippen molar-refractivity contribution in [1.82, 2.24) is 19.4 Å². The van der Waals surface area contributed by atoms with Gasteiger partial charge in [-0.1, -0.05) is 36.4 Å². The molecule has 7 nitrogen and oxygen atoms in total. The van der Waals surface area contributed by atoms with Crippen molar-refractivity contribution >= 4 is 54.4 Å². The molecule has 0 bridgehead atoms. The molecule has 0 amide bonds. The Hall–Kier alpha value is -3.52. The standard InChI is InChI=1S/C29H30N4O3/c1-15(30-4)27(35-5)29(3)33-21-13-9-7-11-18(21)22-19-14-31-28(34)24(19)23-17-10-6-8-12-20(17)32(16(2)36-29)25(23)26(22)33/h6-16,27,30-31,34H,1-5H3. The number of nitrogens with one attached hydrogen (secondary N) is 2. The lowest BCUT2D eigenvalue weighted by atomic mass is 9.99. The molecule has 1 aliphatic rings. The van der Waals surface area contributed by atoms with Crippen LogP contribution in [0.3, 0.4) is 0 Å². The number of fused-ring (bicyclic) bond motifs is 9. The highest BCUT2D eigenvalue weighted by Crippen LogP contribution is 2.52. The Morgan fingerprint density at radius 3 is 2.36 bits per heavy atom. The number of aromatic hydroxyl groups is 1. The molecule has 1 aliphatic heterocycles. The molecule has 36 heavy (non-hydrogen) atoms. The Morgan fingerprint density at radius 1 is 1.00 bits per heavy atom. The zero-order valence-corrected chi connectivity index (χ0v) is 21.1. The molecule has 0 saturated heterocycles. The summed E-state index contributed by atoms with van der Waals surface area (Å²) in [5.41, 5.74) is 3.46. The monoisotopic (exact) mass is 482 g/mol. The molecule has 4 atom stereocenters. The Kier molecular flexibility index (Phi) is 4.38. The van der Waals surface area contributed by atoms with E-state index in [1.165, 1.54) is 0 Å². The number of hydrogen-bond acceptors (Lipinski definition) is 4. The summed E-state index contributed by atoms with van der Waals surface area (Å²) in [5.74, 6) is 0.186. The minimum absolute atomic E-state index is 0.0214. The van der Waals surface area contributed by atoms with Crippen molar-refractivity contribution in [2.45, 2.75) is 44.9 Å². The van der Waals surface area contributed by atoms with Crippen LogP contribution in [0.4, 0.5) is 0 Å². The Balaban J connectivity index is 1.83. The first-order valence-electron chi connectivity index (χ1n) is 12.5. The lowest BCUT2D eigenvalue weighted by Crippen LogP contribution is -2.54. The van der Waals surface area contributed by atoms with Gasteiger partial charge in [0.05, 0.1) is 27.5 Å². The maximum atomic E-state index is 11.1. The second-order valence-electron chi connectivity index (χ2n) is 10.1. The van der Waals surface area contributed by atoms with Gasteiger partial charge in [-0.05, 0) is 40.0 Å². The van der Waals surface area contributed by atoms with Gasteiger partial charge in [0.15, 0.2) is 11.6 Å². The lowest BCUT2D eigenvalue weighted by molar-refractivity contribution is -0.216. The molecule has 0 spiro atoms. The number of para-hydroxylation sites is 2. The molecule has 0 aliphatic carbocycles. The van der Waals surface area contributed by atoms with Crippen LogP contribution in [0.5, 0.6) is 5.88 Å². The van der Waals surface area contributed by atoms with Crippen LogP contribution in [-0.4, -0.2) is 45.5 Å². The quantitative estimate of drug-likeness (QED) is 0.291. The molecule has 184 valence electrons. The summed E-state index contributed by atoms with van der Waals surface area (Å²) < 4.78 is 17.9. The summed E-state index contributed by atoms with van der Waals surface area (Å²) >= 11 is 0. The molecule has 3 N–H and O–H groups in total. The van der Waals surface area contributed by atoms with Crippen LogP contribution < -0.4 is 5.32 Å². The smallest absolute Gasteiger partial charge is 0.197 e. The van der Waals surface area contributed by atoms with Gasteiger partial charge in [0, 0.05) is 46.3 Å². The maximum Gasteiger partial charge on any atom is 0.197 e. The average molecular weight is 483 g/mol. The number of methoxy groups -OCH3 is 1. The first-order valence-corrected chi connectivity index (χ1v) is 12.5. The average Bonchev–Trinajstić information content (AvgIpc) is 3.51. The number of hydrogen-bond donors (Lipinski definition) is 3. The second kappa shape index (κ2) is 7.26. The maximum absolute atomic E-state index is 11.1. The van der Waals surface area contributed by atoms with Gasteiger partial charge in [0.25, 0.3) is 0 Å². The van der Waals surface area contributed by atoms with E-state index in [0.717, 1.165) is 54.4 Å². The zero-order valence-electron chi connectivity index (χ0n) is 21.1. The largest absolute Gasteiger partial charge is 0.494 e. The number of aromatic amines is 1. The van der Waals surface area contributed by atoms with Crippen molar-refractivity contribution in [3.8, 4) is 5.88 Å². The van der Waals surface area contributed by atoms with E-state index in [-0.39, 0.29) is 24.3 Å². The van der Waals surface area contributed by atoms with Gasteiger partial charge in [-0.25, -0.2) is 0 Å². The third-order valence-electron chi connectivity index (χ3n) is 8.30. The van der Waals surface area contributed by atoms with Crippen LogP contribution >= 0.6 is 0 Å². The van der Waals surface area contributed by atoms with E-state index in [2.05, 4.69) is 88.7 Å². The van der Waals surface area contributed by atoms with E-state index in [9.17, 15) is 5.11 Å². The van der Waals surface area contributed by atoms with Crippen molar-refractivity contribution in [2.75, 3.05) is 14.2 Å². The molecule has 3 aromatic heterocycles. The van der Waals surface area contributed by atoms with Crippen molar-refractivity contribution in [1.29, 1.82) is 0 Å². The van der Waals surface area contributed by atoms with Gasteiger partial charge in [0.1, 0.15) is 12.3 Å². The third kappa shape index (κ3) is 2.43. The zero-order chi connectivity index (χ0) is 24.9. The normalized spacial score (nSPS) is 21.9. The molecule has 0 radical (unpaired) electrons. The van der Waals surface area contributed by atoms with Crippen molar-refractivity contribution in [3.63, 3.8) is 0 Å². The summed E-state index contributed by atoms with van der Waals surface area (Å²) in [6.07, 6.45) is 1.35. The molecule has 0 fully saturated rings. The molecular weight excluding hydrogens is 452 g/mol. The summed E-state index contributed by atoms with van der Waals surface area (Å²) in [6.45, 7) is 6.36. The second-order valence-corrected chi connectivity index (χ2v) is 10.1. The van der Waals surface area contributed by atoms with E-state index in [1.54, 1.807) is 7.11 Å². The van der Waals surface area contributed by atoms with Gasteiger partial charge >= 0.3 is 0 Å². The fourth-order valence-corrected chi connectivity index (χ4v) is 6.87. The first kappa shape index (κ1) is 21.7. The number of rotatable bonds is 4. The van der Waals surface area contributed by atoms with Crippen LogP contribution in [0, 0.1) is 0 Å². The topological polar surface area (TPSA) is 76.4 Å². The number of nitrogens with zero attached hydrogens (tertiary/aromatic N) is 2. The van der Waals surface area contributed by atoms with Crippen LogP contribution in [-0.2, 0) is 15.2 Å². The molecule has 7 heteroatoms. The number of H-pyrrole nitrogens is 1. The molecule has 4 heterocycles. The molecule has 0 saturated carbocycles. The van der Waals surface area contributed by atoms with E-state index in [0.29, 0.717) is 0 Å². The Labute approximate surface area is 208 Å². The van der Waals surface area contributed by atoms with Gasteiger partial charge < -0.3 is 34.0 Å². The van der Waals surface area contributed by atoms with Gasteiger partial charge in [0.2, 0.25) is 0 Å². The fourth-order valence-electron chi connectivity index (χ4n) is 6.87. The summed E-state index contributed by atoms with van der Waals surface area (Å²) in [5, 5.41) is 20.7. The van der Waals surface area contributed by atoms with E-state index in [1.807, 2.05) is 13.2 Å². The van der Waals surface area contributed by atoms with E-state index >= 15 is 0 Å². The highest BCUT2D eigenvalue weighted by atomic mass is 16.6. The number of ether oxygens (including phenoxy) is 2. The Bertz CT molecular complexity index is 1830. The number of benzene rings is 3. The molecular formula is C29H30N4O3. The Morgan fingerprint density at radius 2 is 1.67 bits per heavy atom. The van der Waals surface area contributed by atoms with Crippen LogP contribution in [0.2, 0.25) is 0 Å². The SMILES string of the molecule is CNC(C)C(OC)C1(C)OC(C)n2c3ccccc3c3c4c(O)[nH]cc4c4c5ccccc5n1c4c32.